The van der Waals surface area contributed by atoms with Crippen molar-refractivity contribution in [3.8, 4) is 0 Å². The number of halogens is 1. The van der Waals surface area contributed by atoms with E-state index in [0.29, 0.717) is 24.3 Å². The number of carbonyl (C=O) groups is 1. The second-order valence-corrected chi connectivity index (χ2v) is 6.31. The monoisotopic (exact) mass is 324 g/mol. The Bertz CT molecular complexity index is 498. The van der Waals surface area contributed by atoms with E-state index in [9.17, 15) is 4.79 Å². The average molecular weight is 325 g/mol. The van der Waals surface area contributed by atoms with Crippen LogP contribution < -0.4 is 10.6 Å². The standard InChI is InChI=1S/C15H22BClN2O3/c17-12-4-6-13(7-5-12)19-10-11(9-15(19)20)14(18)3-1-2-8-16(21)22/h4-7,11,14,21-22H,1-3,8-10,18H2. The second-order valence-electron chi connectivity index (χ2n) is 5.87. The van der Waals surface area contributed by atoms with E-state index in [1.54, 1.807) is 17.0 Å². The summed E-state index contributed by atoms with van der Waals surface area (Å²) >= 11 is 5.87. The summed E-state index contributed by atoms with van der Waals surface area (Å²) < 4.78 is 0. The van der Waals surface area contributed by atoms with Gasteiger partial charge in [-0.1, -0.05) is 24.4 Å². The minimum absolute atomic E-state index is 0.0444. The molecule has 5 nitrogen and oxygen atoms in total. The van der Waals surface area contributed by atoms with E-state index in [-0.39, 0.29) is 17.9 Å². The number of rotatable bonds is 7. The van der Waals surface area contributed by atoms with Gasteiger partial charge in [0.05, 0.1) is 0 Å². The zero-order chi connectivity index (χ0) is 16.1. The van der Waals surface area contributed by atoms with E-state index >= 15 is 0 Å². The summed E-state index contributed by atoms with van der Waals surface area (Å²) in [4.78, 5) is 13.9. The van der Waals surface area contributed by atoms with E-state index in [1.807, 2.05) is 12.1 Å². The van der Waals surface area contributed by atoms with Crippen LogP contribution in [0.1, 0.15) is 25.7 Å². The van der Waals surface area contributed by atoms with Gasteiger partial charge in [-0.3, -0.25) is 4.79 Å². The molecule has 22 heavy (non-hydrogen) atoms. The Morgan fingerprint density at radius 2 is 2.00 bits per heavy atom. The maximum atomic E-state index is 12.2. The first kappa shape index (κ1) is 17.3. The van der Waals surface area contributed by atoms with Crippen molar-refractivity contribution in [1.29, 1.82) is 0 Å². The van der Waals surface area contributed by atoms with Gasteiger partial charge in [0.2, 0.25) is 5.91 Å². The molecular formula is C15H22BClN2O3. The van der Waals surface area contributed by atoms with Gasteiger partial charge in [0, 0.05) is 35.6 Å². The highest BCUT2D eigenvalue weighted by atomic mass is 35.5. The number of amides is 1. The molecule has 1 aliphatic rings. The lowest BCUT2D eigenvalue weighted by atomic mass is 9.82. The molecule has 1 heterocycles. The van der Waals surface area contributed by atoms with Crippen LogP contribution in [-0.2, 0) is 4.79 Å². The Morgan fingerprint density at radius 1 is 1.32 bits per heavy atom. The van der Waals surface area contributed by atoms with Gasteiger partial charge in [-0.05, 0) is 37.0 Å². The number of unbranched alkanes of at least 4 members (excludes halogenated alkanes) is 1. The Morgan fingerprint density at radius 3 is 2.64 bits per heavy atom. The smallest absolute Gasteiger partial charge is 0.427 e. The first-order chi connectivity index (χ1) is 10.5. The predicted molar refractivity (Wildman–Crippen MR) is 88.7 cm³/mol. The molecule has 1 aromatic rings. The molecule has 0 aromatic heterocycles. The zero-order valence-corrected chi connectivity index (χ0v) is 13.2. The van der Waals surface area contributed by atoms with Crippen molar-refractivity contribution in [2.24, 2.45) is 11.7 Å². The lowest BCUT2D eigenvalue weighted by Crippen LogP contribution is -2.32. The van der Waals surface area contributed by atoms with Gasteiger partial charge in [-0.2, -0.15) is 0 Å². The summed E-state index contributed by atoms with van der Waals surface area (Å²) in [6, 6.07) is 7.19. The highest BCUT2D eigenvalue weighted by molar-refractivity contribution is 6.40. The number of nitrogens with two attached hydrogens (primary N) is 1. The van der Waals surface area contributed by atoms with E-state index in [4.69, 9.17) is 27.4 Å². The van der Waals surface area contributed by atoms with Crippen LogP contribution >= 0.6 is 11.6 Å². The molecule has 0 saturated carbocycles. The predicted octanol–water partition coefficient (Wildman–Crippen LogP) is 1.66. The first-order valence-corrected chi connectivity index (χ1v) is 8.03. The Hall–Kier alpha value is -1.08. The third kappa shape index (κ3) is 4.71. The molecule has 0 radical (unpaired) electrons. The molecule has 1 amide bonds. The lowest BCUT2D eigenvalue weighted by Gasteiger charge is -2.20. The van der Waals surface area contributed by atoms with Crippen molar-refractivity contribution < 1.29 is 14.8 Å². The third-order valence-corrected chi connectivity index (χ3v) is 4.40. The molecule has 2 rings (SSSR count). The van der Waals surface area contributed by atoms with Crippen molar-refractivity contribution in [1.82, 2.24) is 0 Å². The molecule has 0 aliphatic carbocycles. The molecule has 2 unspecified atom stereocenters. The van der Waals surface area contributed by atoms with Crippen molar-refractivity contribution in [3.05, 3.63) is 29.3 Å². The van der Waals surface area contributed by atoms with Crippen LogP contribution in [-0.4, -0.2) is 35.7 Å². The second kappa shape index (κ2) is 7.97. The maximum absolute atomic E-state index is 12.2. The highest BCUT2D eigenvalue weighted by Crippen LogP contribution is 2.28. The zero-order valence-electron chi connectivity index (χ0n) is 12.5. The van der Waals surface area contributed by atoms with Gasteiger partial charge in [0.1, 0.15) is 0 Å². The molecule has 0 bridgehead atoms. The Kier molecular flexibility index (Phi) is 6.26. The van der Waals surface area contributed by atoms with Crippen LogP contribution in [0, 0.1) is 5.92 Å². The van der Waals surface area contributed by atoms with Gasteiger partial charge < -0.3 is 20.7 Å². The molecule has 4 N–H and O–H groups in total. The normalized spacial score (nSPS) is 19.5. The minimum atomic E-state index is -1.25. The van der Waals surface area contributed by atoms with Crippen LogP contribution in [0.2, 0.25) is 11.3 Å². The van der Waals surface area contributed by atoms with Gasteiger partial charge in [-0.15, -0.1) is 0 Å². The van der Waals surface area contributed by atoms with Crippen molar-refractivity contribution in [2.45, 2.75) is 38.0 Å². The Labute approximate surface area is 136 Å². The summed E-state index contributed by atoms with van der Waals surface area (Å²) in [5.74, 6) is 0.232. The lowest BCUT2D eigenvalue weighted by molar-refractivity contribution is -0.117. The fraction of sp³-hybridized carbons (Fsp3) is 0.533. The van der Waals surface area contributed by atoms with Crippen LogP contribution in [0.25, 0.3) is 0 Å². The summed E-state index contributed by atoms with van der Waals surface area (Å²) in [5, 5.41) is 18.3. The van der Waals surface area contributed by atoms with Gasteiger partial charge in [0.15, 0.2) is 0 Å². The number of benzene rings is 1. The number of hydrogen-bond donors (Lipinski definition) is 3. The van der Waals surface area contributed by atoms with E-state index in [1.165, 1.54) is 0 Å². The van der Waals surface area contributed by atoms with E-state index in [0.717, 1.165) is 24.9 Å². The average Bonchev–Trinajstić information content (AvgIpc) is 2.86. The number of hydrogen-bond acceptors (Lipinski definition) is 4. The summed E-state index contributed by atoms with van der Waals surface area (Å²) in [6.45, 7) is 0.629. The molecule has 120 valence electrons. The van der Waals surface area contributed by atoms with Crippen molar-refractivity contribution in [3.63, 3.8) is 0 Å². The molecule has 1 aromatic carbocycles. The van der Waals surface area contributed by atoms with Crippen LogP contribution in [0.4, 0.5) is 5.69 Å². The van der Waals surface area contributed by atoms with Gasteiger partial charge in [0.25, 0.3) is 0 Å². The number of nitrogens with zero attached hydrogens (tertiary/aromatic N) is 1. The molecule has 1 saturated heterocycles. The fourth-order valence-corrected chi connectivity index (χ4v) is 2.96. The summed E-state index contributed by atoms with van der Waals surface area (Å²) in [5.41, 5.74) is 7.05. The third-order valence-electron chi connectivity index (χ3n) is 4.15. The summed E-state index contributed by atoms with van der Waals surface area (Å²) in [6.07, 6.45) is 3.19. The molecule has 1 fully saturated rings. The quantitative estimate of drug-likeness (QED) is 0.526. The van der Waals surface area contributed by atoms with E-state index in [2.05, 4.69) is 0 Å². The van der Waals surface area contributed by atoms with Crippen molar-refractivity contribution >= 4 is 30.3 Å². The number of carbonyl (C=O) groups excluding carboxylic acids is 1. The number of anilines is 1. The maximum Gasteiger partial charge on any atom is 0.451 e. The van der Waals surface area contributed by atoms with Crippen molar-refractivity contribution in [2.75, 3.05) is 11.4 Å². The highest BCUT2D eigenvalue weighted by Gasteiger charge is 2.33. The van der Waals surface area contributed by atoms with Gasteiger partial charge in [-0.25, -0.2) is 0 Å². The molecular weight excluding hydrogens is 302 g/mol. The van der Waals surface area contributed by atoms with Crippen LogP contribution in [0.5, 0.6) is 0 Å². The first-order valence-electron chi connectivity index (χ1n) is 7.65. The molecule has 0 spiro atoms. The molecule has 1 aliphatic heterocycles. The largest absolute Gasteiger partial charge is 0.451 e. The van der Waals surface area contributed by atoms with Gasteiger partial charge >= 0.3 is 7.12 Å². The SMILES string of the molecule is NC(CCCCB(O)O)C1CC(=O)N(c2ccc(Cl)cc2)C1. The van der Waals surface area contributed by atoms with Crippen LogP contribution in [0.15, 0.2) is 24.3 Å². The topological polar surface area (TPSA) is 86.8 Å². The molecule has 7 heteroatoms. The Balaban J connectivity index is 1.84. The van der Waals surface area contributed by atoms with Crippen LogP contribution in [0.3, 0.4) is 0 Å². The van der Waals surface area contributed by atoms with E-state index < -0.39 is 7.12 Å². The summed E-state index contributed by atoms with van der Waals surface area (Å²) in [7, 11) is -1.25. The molecule has 2 atom stereocenters. The minimum Gasteiger partial charge on any atom is -0.427 e. The fourth-order valence-electron chi connectivity index (χ4n) is 2.84.